The van der Waals surface area contributed by atoms with Crippen LogP contribution in [0, 0.1) is 6.92 Å². The molecule has 17 heavy (non-hydrogen) atoms. The highest BCUT2D eigenvalue weighted by atomic mass is 32.2. The summed E-state index contributed by atoms with van der Waals surface area (Å²) in [5, 5.41) is 5.84. The third-order valence-electron chi connectivity index (χ3n) is 2.08. The molecule has 0 atom stereocenters. The molecular weight excluding hydrogens is 242 g/mol. The Hall–Kier alpha value is -1.41. The smallest absolute Gasteiger partial charge is 0.213 e. The molecule has 1 heterocycles. The lowest BCUT2D eigenvalue weighted by atomic mass is 10.5. The standard InChI is InChI=1S/C9H17N5O2S/c1-7-13-8(10-2)6-9(14-7)12-4-5-17(15,16)11-3/h6,11H,4-5H2,1-3H3,(H2,10,12,13,14). The van der Waals surface area contributed by atoms with Gasteiger partial charge in [0.2, 0.25) is 10.0 Å². The second kappa shape index (κ2) is 5.78. The predicted molar refractivity (Wildman–Crippen MR) is 67.7 cm³/mol. The van der Waals surface area contributed by atoms with Crippen molar-refractivity contribution in [1.82, 2.24) is 14.7 Å². The van der Waals surface area contributed by atoms with Crippen molar-refractivity contribution >= 4 is 21.7 Å². The van der Waals surface area contributed by atoms with Gasteiger partial charge in [-0.05, 0) is 14.0 Å². The molecule has 0 spiro atoms. The van der Waals surface area contributed by atoms with Crippen molar-refractivity contribution in [3.05, 3.63) is 11.9 Å². The van der Waals surface area contributed by atoms with Crippen LogP contribution in [0.25, 0.3) is 0 Å². The molecule has 96 valence electrons. The summed E-state index contributed by atoms with van der Waals surface area (Å²) < 4.78 is 24.6. The summed E-state index contributed by atoms with van der Waals surface area (Å²) >= 11 is 0. The number of sulfonamides is 1. The zero-order valence-corrected chi connectivity index (χ0v) is 10.9. The Kier molecular flexibility index (Phi) is 4.64. The minimum atomic E-state index is -3.19. The maximum absolute atomic E-state index is 11.2. The number of nitrogens with one attached hydrogen (secondary N) is 3. The number of aryl methyl sites for hydroxylation is 1. The Morgan fingerprint density at radius 2 is 1.88 bits per heavy atom. The van der Waals surface area contributed by atoms with E-state index in [2.05, 4.69) is 25.3 Å². The predicted octanol–water partition coefficient (Wildman–Crippen LogP) is -0.212. The Morgan fingerprint density at radius 1 is 1.24 bits per heavy atom. The molecule has 0 radical (unpaired) electrons. The first-order valence-corrected chi connectivity index (χ1v) is 6.80. The van der Waals surface area contributed by atoms with Crippen LogP contribution >= 0.6 is 0 Å². The molecule has 7 nitrogen and oxygen atoms in total. The zero-order chi connectivity index (χ0) is 12.9. The summed E-state index contributed by atoms with van der Waals surface area (Å²) in [5.41, 5.74) is 0. The molecule has 0 saturated heterocycles. The van der Waals surface area contributed by atoms with Crippen molar-refractivity contribution < 1.29 is 8.42 Å². The Bertz CT molecular complexity index is 474. The number of rotatable bonds is 6. The molecule has 0 amide bonds. The third kappa shape index (κ3) is 4.53. The van der Waals surface area contributed by atoms with Gasteiger partial charge >= 0.3 is 0 Å². The molecule has 0 aliphatic carbocycles. The number of nitrogens with zero attached hydrogens (tertiary/aromatic N) is 2. The molecule has 1 aromatic rings. The summed E-state index contributed by atoms with van der Waals surface area (Å²) in [5.74, 6) is 1.92. The Morgan fingerprint density at radius 3 is 2.47 bits per heavy atom. The topological polar surface area (TPSA) is 96.0 Å². The molecule has 0 aliphatic heterocycles. The highest BCUT2D eigenvalue weighted by Crippen LogP contribution is 2.09. The summed E-state index contributed by atoms with van der Waals surface area (Å²) in [7, 11) is -0.0339. The van der Waals surface area contributed by atoms with E-state index in [0.717, 1.165) is 0 Å². The van der Waals surface area contributed by atoms with E-state index in [0.29, 0.717) is 24.0 Å². The minimum Gasteiger partial charge on any atom is -0.373 e. The minimum absolute atomic E-state index is 0.00143. The second-order valence-electron chi connectivity index (χ2n) is 3.39. The van der Waals surface area contributed by atoms with Gasteiger partial charge in [-0.15, -0.1) is 0 Å². The van der Waals surface area contributed by atoms with Crippen LogP contribution in [-0.4, -0.2) is 44.8 Å². The maximum atomic E-state index is 11.2. The average Bonchev–Trinajstić information content (AvgIpc) is 2.28. The SMILES string of the molecule is CNc1cc(NCCS(=O)(=O)NC)nc(C)n1. The molecule has 0 unspecified atom stereocenters. The fourth-order valence-electron chi connectivity index (χ4n) is 1.20. The summed E-state index contributed by atoms with van der Waals surface area (Å²) in [4.78, 5) is 8.28. The van der Waals surface area contributed by atoms with Crippen molar-refractivity contribution in [2.45, 2.75) is 6.92 Å². The van der Waals surface area contributed by atoms with E-state index in [4.69, 9.17) is 0 Å². The molecule has 8 heteroatoms. The van der Waals surface area contributed by atoms with E-state index in [9.17, 15) is 8.42 Å². The largest absolute Gasteiger partial charge is 0.373 e. The normalized spacial score (nSPS) is 11.2. The van der Waals surface area contributed by atoms with E-state index in [-0.39, 0.29) is 5.75 Å². The first-order valence-electron chi connectivity index (χ1n) is 5.15. The Labute approximate surface area is 101 Å². The maximum Gasteiger partial charge on any atom is 0.213 e. The van der Waals surface area contributed by atoms with Crippen LogP contribution < -0.4 is 15.4 Å². The van der Waals surface area contributed by atoms with E-state index >= 15 is 0 Å². The van der Waals surface area contributed by atoms with E-state index in [1.165, 1.54) is 7.05 Å². The fourth-order valence-corrected chi connectivity index (χ4v) is 1.78. The van der Waals surface area contributed by atoms with Gasteiger partial charge in [0.1, 0.15) is 17.5 Å². The molecule has 3 N–H and O–H groups in total. The monoisotopic (exact) mass is 259 g/mol. The van der Waals surface area contributed by atoms with Gasteiger partial charge in [-0.3, -0.25) is 0 Å². The van der Waals surface area contributed by atoms with Gasteiger partial charge in [0.15, 0.2) is 0 Å². The van der Waals surface area contributed by atoms with Crippen LogP contribution in [0.1, 0.15) is 5.82 Å². The van der Waals surface area contributed by atoms with Gasteiger partial charge in [-0.2, -0.15) is 0 Å². The summed E-state index contributed by atoms with van der Waals surface area (Å²) in [6.45, 7) is 2.07. The number of hydrogen-bond acceptors (Lipinski definition) is 6. The number of hydrogen-bond donors (Lipinski definition) is 3. The third-order valence-corrected chi connectivity index (χ3v) is 3.45. The molecule has 1 rings (SSSR count). The van der Waals surface area contributed by atoms with Crippen LogP contribution in [-0.2, 0) is 10.0 Å². The summed E-state index contributed by atoms with van der Waals surface area (Å²) in [6, 6.07) is 1.72. The van der Waals surface area contributed by atoms with Crippen LogP contribution in [0.15, 0.2) is 6.07 Å². The van der Waals surface area contributed by atoms with E-state index < -0.39 is 10.0 Å². The second-order valence-corrected chi connectivity index (χ2v) is 5.43. The van der Waals surface area contributed by atoms with E-state index in [1.54, 1.807) is 20.0 Å². The molecule has 0 fully saturated rings. The Balaban J connectivity index is 2.61. The van der Waals surface area contributed by atoms with Gasteiger partial charge in [-0.1, -0.05) is 0 Å². The van der Waals surface area contributed by atoms with Crippen LogP contribution in [0.4, 0.5) is 11.6 Å². The molecular formula is C9H17N5O2S. The van der Waals surface area contributed by atoms with E-state index in [1.807, 2.05) is 0 Å². The average molecular weight is 259 g/mol. The molecule has 0 saturated carbocycles. The molecule has 1 aromatic heterocycles. The van der Waals surface area contributed by atoms with Gasteiger partial charge in [0.05, 0.1) is 5.75 Å². The van der Waals surface area contributed by atoms with Crippen molar-refractivity contribution in [3.8, 4) is 0 Å². The lowest BCUT2D eigenvalue weighted by Crippen LogP contribution is -2.26. The van der Waals surface area contributed by atoms with Crippen molar-refractivity contribution in [3.63, 3.8) is 0 Å². The zero-order valence-electron chi connectivity index (χ0n) is 10.1. The van der Waals surface area contributed by atoms with Crippen LogP contribution in [0.5, 0.6) is 0 Å². The van der Waals surface area contributed by atoms with Crippen molar-refractivity contribution in [1.29, 1.82) is 0 Å². The molecule has 0 aromatic carbocycles. The number of anilines is 2. The lowest BCUT2D eigenvalue weighted by molar-refractivity contribution is 0.588. The van der Waals surface area contributed by atoms with Gasteiger partial charge in [0.25, 0.3) is 0 Å². The first-order chi connectivity index (χ1) is 7.96. The quantitative estimate of drug-likeness (QED) is 0.654. The highest BCUT2D eigenvalue weighted by Gasteiger charge is 2.06. The molecule has 0 aliphatic rings. The lowest BCUT2D eigenvalue weighted by Gasteiger charge is -2.08. The molecule has 0 bridgehead atoms. The van der Waals surface area contributed by atoms with Crippen LogP contribution in [0.2, 0.25) is 0 Å². The van der Waals surface area contributed by atoms with Gasteiger partial charge in [-0.25, -0.2) is 23.1 Å². The van der Waals surface area contributed by atoms with Crippen molar-refractivity contribution in [2.75, 3.05) is 37.0 Å². The van der Waals surface area contributed by atoms with Gasteiger partial charge < -0.3 is 10.6 Å². The highest BCUT2D eigenvalue weighted by molar-refractivity contribution is 7.89. The summed E-state index contributed by atoms with van der Waals surface area (Å²) in [6.07, 6.45) is 0. The number of aromatic nitrogens is 2. The van der Waals surface area contributed by atoms with Crippen molar-refractivity contribution in [2.24, 2.45) is 0 Å². The van der Waals surface area contributed by atoms with Crippen LogP contribution in [0.3, 0.4) is 0 Å². The first kappa shape index (κ1) is 13.7. The van der Waals surface area contributed by atoms with Gasteiger partial charge in [0, 0.05) is 19.7 Å². The fraction of sp³-hybridized carbons (Fsp3) is 0.556.